The third kappa shape index (κ3) is 6.78. The van der Waals surface area contributed by atoms with Crippen molar-refractivity contribution in [2.75, 3.05) is 38.1 Å². The lowest BCUT2D eigenvalue weighted by molar-refractivity contribution is -0.162. The first-order valence-electron chi connectivity index (χ1n) is 14.0. The zero-order valence-corrected chi connectivity index (χ0v) is 23.1. The minimum atomic E-state index is -4.49. The van der Waals surface area contributed by atoms with Gasteiger partial charge >= 0.3 is 6.18 Å². The number of aromatic nitrogens is 5. The Hall–Kier alpha value is -4.26. The first-order chi connectivity index (χ1) is 20.2. The second kappa shape index (κ2) is 11.6. The second-order valence-corrected chi connectivity index (χ2v) is 10.8. The summed E-state index contributed by atoms with van der Waals surface area (Å²) in [6.45, 7) is 4.22. The van der Waals surface area contributed by atoms with E-state index in [4.69, 9.17) is 4.74 Å². The van der Waals surface area contributed by atoms with Gasteiger partial charge in [-0.2, -0.15) is 13.2 Å². The fourth-order valence-corrected chi connectivity index (χ4v) is 5.04. The van der Waals surface area contributed by atoms with E-state index < -0.39 is 18.5 Å². The Morgan fingerprint density at radius 2 is 1.90 bits per heavy atom. The van der Waals surface area contributed by atoms with Crippen LogP contribution in [0, 0.1) is 5.92 Å². The summed E-state index contributed by atoms with van der Waals surface area (Å²) in [7, 11) is 0. The van der Waals surface area contributed by atoms with Gasteiger partial charge in [-0.15, -0.1) is 0 Å². The number of rotatable bonds is 9. The molecule has 4 aromatic rings. The predicted octanol–water partition coefficient (Wildman–Crippen LogP) is 5.10. The van der Waals surface area contributed by atoms with Gasteiger partial charge < -0.3 is 19.9 Å². The summed E-state index contributed by atoms with van der Waals surface area (Å²) in [6, 6.07) is 11.5. The molecule has 3 aromatic heterocycles. The molecule has 2 N–H and O–H groups in total. The van der Waals surface area contributed by atoms with E-state index in [1.54, 1.807) is 6.20 Å². The maximum absolute atomic E-state index is 12.6. The molecule has 1 unspecified atom stereocenters. The number of imidazole rings is 1. The van der Waals surface area contributed by atoms with Gasteiger partial charge in [-0.1, -0.05) is 6.07 Å². The summed E-state index contributed by atoms with van der Waals surface area (Å²) in [4.78, 5) is 36.4. The number of ether oxygens (including phenoxy) is 1. The van der Waals surface area contributed by atoms with Crippen molar-refractivity contribution in [1.29, 1.82) is 0 Å². The zero-order valence-electron chi connectivity index (χ0n) is 23.1. The molecule has 4 heterocycles. The van der Waals surface area contributed by atoms with Crippen LogP contribution < -0.4 is 10.1 Å². The van der Waals surface area contributed by atoms with E-state index >= 15 is 0 Å². The number of halogens is 3. The van der Waals surface area contributed by atoms with Crippen LogP contribution in [0.25, 0.3) is 22.3 Å². The Labute approximate surface area is 240 Å². The molecule has 1 aliphatic heterocycles. The molecular formula is C29H31F3N8O2. The van der Waals surface area contributed by atoms with Crippen molar-refractivity contribution < 1.29 is 22.7 Å². The Bertz CT molecular complexity index is 1560. The third-order valence-corrected chi connectivity index (χ3v) is 7.66. The van der Waals surface area contributed by atoms with Crippen molar-refractivity contribution in [3.05, 3.63) is 54.5 Å². The minimum absolute atomic E-state index is 0.0161. The van der Waals surface area contributed by atoms with E-state index in [0.717, 1.165) is 27.9 Å². The Balaban J connectivity index is 1.09. The van der Waals surface area contributed by atoms with Crippen LogP contribution in [0.15, 0.2) is 48.9 Å². The first-order valence-corrected chi connectivity index (χ1v) is 14.0. The van der Waals surface area contributed by atoms with E-state index in [9.17, 15) is 18.0 Å². The lowest BCUT2D eigenvalue weighted by atomic mass is 10.1. The second-order valence-electron chi connectivity index (χ2n) is 10.8. The molecule has 10 nitrogen and oxygen atoms in total. The summed E-state index contributed by atoms with van der Waals surface area (Å²) >= 11 is 0. The van der Waals surface area contributed by atoms with Gasteiger partial charge in [0, 0.05) is 50.0 Å². The Morgan fingerprint density at radius 3 is 2.67 bits per heavy atom. The topological polar surface area (TPSA) is 112 Å². The molecule has 2 aliphatic rings. The van der Waals surface area contributed by atoms with Crippen LogP contribution in [-0.4, -0.2) is 79.6 Å². The summed E-state index contributed by atoms with van der Waals surface area (Å²) in [5.41, 5.74) is 4.27. The largest absolute Gasteiger partial charge is 0.477 e. The van der Waals surface area contributed by atoms with Gasteiger partial charge in [-0.3, -0.25) is 9.69 Å². The van der Waals surface area contributed by atoms with Crippen molar-refractivity contribution in [2.24, 2.45) is 5.92 Å². The predicted molar refractivity (Wildman–Crippen MR) is 150 cm³/mol. The molecule has 6 rings (SSSR count). The van der Waals surface area contributed by atoms with Crippen LogP contribution in [-0.2, 0) is 4.79 Å². The fourth-order valence-electron chi connectivity index (χ4n) is 5.04. The fraction of sp³-hybridized carbons (Fsp3) is 0.414. The number of nitrogens with one attached hydrogen (secondary N) is 2. The van der Waals surface area contributed by atoms with Crippen molar-refractivity contribution in [1.82, 2.24) is 34.7 Å². The van der Waals surface area contributed by atoms with Gasteiger partial charge in [0.25, 0.3) is 0 Å². The number of aromatic amines is 1. The van der Waals surface area contributed by atoms with Crippen LogP contribution in [0.4, 0.5) is 24.9 Å². The highest BCUT2D eigenvalue weighted by atomic mass is 19.4. The lowest BCUT2D eigenvalue weighted by Crippen LogP contribution is -2.50. The Morgan fingerprint density at radius 1 is 1.10 bits per heavy atom. The number of hydrogen-bond acceptors (Lipinski definition) is 8. The molecule has 0 spiro atoms. The number of amides is 1. The van der Waals surface area contributed by atoms with Gasteiger partial charge in [-0.05, 0) is 55.5 Å². The van der Waals surface area contributed by atoms with Gasteiger partial charge in [0.15, 0.2) is 0 Å². The highest BCUT2D eigenvalue weighted by molar-refractivity contribution is 5.83. The van der Waals surface area contributed by atoms with Gasteiger partial charge in [0.1, 0.15) is 18.6 Å². The number of carbonyl (C=O) groups is 1. The van der Waals surface area contributed by atoms with Gasteiger partial charge in [-0.25, -0.2) is 19.9 Å². The van der Waals surface area contributed by atoms with Crippen LogP contribution >= 0.6 is 0 Å². The summed E-state index contributed by atoms with van der Waals surface area (Å²) < 4.78 is 43.6. The first kappa shape index (κ1) is 27.9. The molecule has 1 atom stereocenters. The number of piperazine rings is 1. The smallest absolute Gasteiger partial charge is 0.397 e. The average molecular weight is 581 g/mol. The molecule has 2 fully saturated rings. The molecule has 42 heavy (non-hydrogen) atoms. The van der Waals surface area contributed by atoms with E-state index in [-0.39, 0.29) is 19.1 Å². The number of fused-ring (bicyclic) bond motifs is 1. The molecule has 13 heteroatoms. The molecule has 220 valence electrons. The SMILES string of the molecule is CC(c1ccnc(Nc2nc3ccc(-c4cc(OCC5CC5)ncn4)cc3[nH]2)c1)N1CCN(C(=O)CC(F)(F)F)CC1. The van der Waals surface area contributed by atoms with E-state index in [0.29, 0.717) is 43.3 Å². The van der Waals surface area contributed by atoms with Crippen molar-refractivity contribution in [2.45, 2.75) is 38.4 Å². The minimum Gasteiger partial charge on any atom is -0.477 e. The van der Waals surface area contributed by atoms with E-state index in [2.05, 4.69) is 35.1 Å². The molecular weight excluding hydrogens is 549 g/mol. The number of alkyl halides is 3. The maximum Gasteiger partial charge on any atom is 0.397 e. The van der Waals surface area contributed by atoms with Gasteiger partial charge in [0.2, 0.25) is 17.7 Å². The standard InChI is InChI=1S/C29H31F3N8O2/c1-18(39-8-10-40(11-9-39)27(41)15-29(30,31)32)20-6-7-33-25(13-20)38-28-36-22-5-4-21(12-24(22)37-28)23-14-26(35-17-34-23)42-16-19-2-3-19/h4-7,12-14,17-19H,2-3,8-11,15-16H2,1H3,(H2,33,36,37,38). The lowest BCUT2D eigenvalue weighted by Gasteiger charge is -2.38. The summed E-state index contributed by atoms with van der Waals surface area (Å²) in [5, 5.41) is 3.24. The summed E-state index contributed by atoms with van der Waals surface area (Å²) in [6.07, 6.45) is -0.274. The number of H-pyrrole nitrogens is 1. The molecule has 1 aliphatic carbocycles. The molecule has 0 bridgehead atoms. The number of carbonyl (C=O) groups excluding carboxylic acids is 1. The monoisotopic (exact) mass is 580 g/mol. The van der Waals surface area contributed by atoms with Gasteiger partial charge in [0.05, 0.1) is 23.3 Å². The van der Waals surface area contributed by atoms with Crippen molar-refractivity contribution in [3.63, 3.8) is 0 Å². The highest BCUT2D eigenvalue weighted by Crippen LogP contribution is 2.31. The van der Waals surface area contributed by atoms with E-state index in [1.165, 1.54) is 24.1 Å². The number of anilines is 2. The number of hydrogen-bond donors (Lipinski definition) is 2. The normalized spacial score (nSPS) is 16.9. The molecule has 1 saturated carbocycles. The van der Waals surface area contributed by atoms with Crippen molar-refractivity contribution >= 4 is 28.7 Å². The Kier molecular flexibility index (Phi) is 7.67. The number of pyridine rings is 1. The molecule has 1 aromatic carbocycles. The third-order valence-electron chi connectivity index (χ3n) is 7.66. The van der Waals surface area contributed by atoms with Crippen LogP contribution in [0.3, 0.4) is 0 Å². The molecule has 1 amide bonds. The number of nitrogens with zero attached hydrogens (tertiary/aromatic N) is 6. The van der Waals surface area contributed by atoms with Crippen LogP contribution in [0.1, 0.15) is 37.8 Å². The van der Waals surface area contributed by atoms with Crippen molar-refractivity contribution in [3.8, 4) is 17.1 Å². The molecule has 0 radical (unpaired) electrons. The van der Waals surface area contributed by atoms with Crippen LogP contribution in [0.5, 0.6) is 5.88 Å². The number of benzene rings is 1. The van der Waals surface area contributed by atoms with E-state index in [1.807, 2.05) is 43.3 Å². The average Bonchev–Trinajstić information content (AvgIpc) is 3.72. The highest BCUT2D eigenvalue weighted by Gasteiger charge is 2.35. The van der Waals surface area contributed by atoms with Crippen LogP contribution in [0.2, 0.25) is 0 Å². The zero-order chi connectivity index (χ0) is 29.3. The molecule has 1 saturated heterocycles. The summed E-state index contributed by atoms with van der Waals surface area (Å²) in [5.74, 6) is 1.47. The maximum atomic E-state index is 12.6. The quantitative estimate of drug-likeness (QED) is 0.281.